The molecule has 0 spiro atoms. The lowest BCUT2D eigenvalue weighted by Crippen LogP contribution is -2.61. The van der Waals surface area contributed by atoms with Crippen molar-refractivity contribution in [2.24, 2.45) is 0 Å². The molecular weight excluding hydrogens is 812 g/mol. The topological polar surface area (TPSA) is 54.1 Å². The molecule has 0 bridgehead atoms. The first kappa shape index (κ1) is 39.4. The molecule has 2 heterocycles. The van der Waals surface area contributed by atoms with Crippen LogP contribution in [0.25, 0.3) is 55.6 Å². The highest BCUT2D eigenvalue weighted by Gasteiger charge is 2.46. The zero-order valence-corrected chi connectivity index (χ0v) is 36.4. The Labute approximate surface area is 391 Å². The summed E-state index contributed by atoms with van der Waals surface area (Å²) < 4.78 is 0. The number of hydrogen-bond donors (Lipinski definition) is 0. The molecule has 0 saturated heterocycles. The Kier molecular flexibility index (Phi) is 9.68. The van der Waals surface area contributed by atoms with Crippen LogP contribution in [0, 0.1) is 22.7 Å². The predicted octanol–water partition coefficient (Wildman–Crippen LogP) is 13.8. The highest BCUT2D eigenvalue weighted by molar-refractivity contribution is 7.00. The fraction of sp³-hybridized carbons (Fsp3) is 0. The van der Waals surface area contributed by atoms with Crippen molar-refractivity contribution in [3.05, 3.63) is 248 Å². The van der Waals surface area contributed by atoms with Crippen molar-refractivity contribution in [1.29, 1.82) is 10.5 Å². The standard InChI is InChI=1S/C62H39BN4/c64-40-47-30-16-36-54-59(47)66(61-50(43-22-8-2-9-23-43)32-18-33-51(61)44-24-10-3-11-25-44)56-38-49(42-20-6-1-7-21-42)39-57-58(56)63(54)55-37-17-31-48(41-65)60(55)67(57)62-52(45-26-12-4-13-27-45)34-19-35-53(62)46-28-14-5-15-29-46/h1-39H. The van der Waals surface area contributed by atoms with Gasteiger partial charge in [-0.2, -0.15) is 10.5 Å². The quantitative estimate of drug-likeness (QED) is 0.150. The van der Waals surface area contributed by atoms with Gasteiger partial charge in [0.05, 0.1) is 33.9 Å². The van der Waals surface area contributed by atoms with Crippen LogP contribution in [0.3, 0.4) is 0 Å². The van der Waals surface area contributed by atoms with E-state index in [9.17, 15) is 10.5 Å². The first-order valence-corrected chi connectivity index (χ1v) is 22.6. The molecular formula is C62H39BN4. The third kappa shape index (κ3) is 6.45. The maximum atomic E-state index is 11.3. The van der Waals surface area contributed by atoms with Crippen molar-refractivity contribution in [2.45, 2.75) is 0 Å². The Hall–Kier alpha value is -9.16. The van der Waals surface area contributed by atoms with Gasteiger partial charge in [-0.05, 0) is 74.0 Å². The summed E-state index contributed by atoms with van der Waals surface area (Å²) in [6, 6.07) is 88.1. The zero-order valence-electron chi connectivity index (χ0n) is 36.4. The second-order valence-electron chi connectivity index (χ2n) is 17.0. The van der Waals surface area contributed by atoms with E-state index in [-0.39, 0.29) is 6.71 Å². The van der Waals surface area contributed by atoms with Crippen LogP contribution in [0.15, 0.2) is 237 Å². The lowest BCUT2D eigenvalue weighted by molar-refractivity contribution is 1.24. The molecule has 4 nitrogen and oxygen atoms in total. The van der Waals surface area contributed by atoms with E-state index in [1.807, 2.05) is 24.3 Å². The fourth-order valence-electron chi connectivity index (χ4n) is 10.5. The summed E-state index contributed by atoms with van der Waals surface area (Å²) in [4.78, 5) is 4.78. The summed E-state index contributed by atoms with van der Waals surface area (Å²) in [5.41, 5.74) is 20.3. The molecule has 310 valence electrons. The highest BCUT2D eigenvalue weighted by Crippen LogP contribution is 2.54. The van der Waals surface area contributed by atoms with Crippen LogP contribution in [0.2, 0.25) is 0 Å². The van der Waals surface area contributed by atoms with E-state index in [1.54, 1.807) is 0 Å². The third-order valence-corrected chi connectivity index (χ3v) is 13.3. The second-order valence-corrected chi connectivity index (χ2v) is 17.0. The van der Waals surface area contributed by atoms with Gasteiger partial charge in [0.1, 0.15) is 12.1 Å². The summed E-state index contributed by atoms with van der Waals surface area (Å²) in [7, 11) is 0. The lowest BCUT2D eigenvalue weighted by Gasteiger charge is -2.46. The number of nitriles is 2. The molecule has 0 atom stereocenters. The minimum Gasteiger partial charge on any atom is -0.309 e. The van der Waals surface area contributed by atoms with E-state index in [4.69, 9.17) is 0 Å². The number of nitrogens with zero attached hydrogens (tertiary/aromatic N) is 4. The van der Waals surface area contributed by atoms with Crippen LogP contribution in [0.4, 0.5) is 34.1 Å². The van der Waals surface area contributed by atoms with Gasteiger partial charge in [-0.1, -0.05) is 212 Å². The molecule has 0 unspecified atom stereocenters. The molecule has 10 aromatic carbocycles. The zero-order chi connectivity index (χ0) is 44.8. The van der Waals surface area contributed by atoms with Gasteiger partial charge in [-0.25, -0.2) is 0 Å². The van der Waals surface area contributed by atoms with E-state index < -0.39 is 0 Å². The van der Waals surface area contributed by atoms with Crippen molar-refractivity contribution < 1.29 is 0 Å². The van der Waals surface area contributed by atoms with Crippen LogP contribution in [0.5, 0.6) is 0 Å². The summed E-state index contributed by atoms with van der Waals surface area (Å²) in [5.74, 6) is 0. The first-order chi connectivity index (χ1) is 33.2. The summed E-state index contributed by atoms with van der Waals surface area (Å²) >= 11 is 0. The fourth-order valence-corrected chi connectivity index (χ4v) is 10.5. The SMILES string of the molecule is N#Cc1cccc2c1N(c1c(-c3ccccc3)cccc1-c1ccccc1)c1cc(-c3ccccc3)cc3c1B2c1cccc(C#N)c1N3c1c(-c2ccccc2)cccc1-c1ccccc1. The first-order valence-electron chi connectivity index (χ1n) is 22.6. The highest BCUT2D eigenvalue weighted by atomic mass is 15.2. The van der Waals surface area contributed by atoms with Gasteiger partial charge in [-0.15, -0.1) is 0 Å². The van der Waals surface area contributed by atoms with Crippen LogP contribution < -0.4 is 26.2 Å². The molecule has 2 aliphatic heterocycles. The molecule has 0 aliphatic carbocycles. The van der Waals surface area contributed by atoms with E-state index in [1.165, 1.54) is 0 Å². The Bertz CT molecular complexity index is 3270. The third-order valence-electron chi connectivity index (χ3n) is 13.3. The minimum absolute atomic E-state index is 0.331. The average Bonchev–Trinajstić information content (AvgIpc) is 3.41. The molecule has 0 saturated carbocycles. The molecule has 0 aromatic heterocycles. The smallest absolute Gasteiger partial charge is 0.252 e. The van der Waals surface area contributed by atoms with Crippen LogP contribution in [0.1, 0.15) is 11.1 Å². The van der Waals surface area contributed by atoms with Crippen LogP contribution >= 0.6 is 0 Å². The minimum atomic E-state index is -0.331. The molecule has 5 heteroatoms. The van der Waals surface area contributed by atoms with Crippen molar-refractivity contribution in [3.8, 4) is 67.8 Å². The summed E-state index contributed by atoms with van der Waals surface area (Å²) in [5, 5.41) is 22.5. The molecule has 67 heavy (non-hydrogen) atoms. The lowest BCUT2D eigenvalue weighted by atomic mass is 9.33. The van der Waals surface area contributed by atoms with Crippen molar-refractivity contribution in [2.75, 3.05) is 9.80 Å². The van der Waals surface area contributed by atoms with Crippen molar-refractivity contribution >= 4 is 57.2 Å². The van der Waals surface area contributed by atoms with Crippen LogP contribution in [-0.2, 0) is 0 Å². The second kappa shape index (κ2) is 16.4. The number of rotatable bonds is 7. The van der Waals surface area contributed by atoms with Gasteiger partial charge in [0.15, 0.2) is 0 Å². The van der Waals surface area contributed by atoms with Crippen molar-refractivity contribution in [1.82, 2.24) is 0 Å². The van der Waals surface area contributed by atoms with E-state index >= 15 is 0 Å². The Morgan fingerprint density at radius 2 is 0.612 bits per heavy atom. The van der Waals surface area contributed by atoms with Crippen LogP contribution in [-0.4, -0.2) is 6.71 Å². The summed E-state index contributed by atoms with van der Waals surface area (Å²) in [6.07, 6.45) is 0. The predicted molar refractivity (Wildman–Crippen MR) is 277 cm³/mol. The van der Waals surface area contributed by atoms with E-state index in [0.29, 0.717) is 11.1 Å². The molecule has 0 fully saturated rings. The van der Waals surface area contributed by atoms with Gasteiger partial charge in [-0.3, -0.25) is 0 Å². The normalized spacial score (nSPS) is 12.1. The Morgan fingerprint density at radius 3 is 0.940 bits per heavy atom. The Balaban J connectivity index is 1.29. The maximum Gasteiger partial charge on any atom is 0.252 e. The molecule has 10 aromatic rings. The number of anilines is 6. The largest absolute Gasteiger partial charge is 0.309 e. The molecule has 2 aliphatic rings. The van der Waals surface area contributed by atoms with Gasteiger partial charge < -0.3 is 9.80 Å². The average molecular weight is 851 g/mol. The Morgan fingerprint density at radius 1 is 0.299 bits per heavy atom. The molecule has 0 radical (unpaired) electrons. The van der Waals surface area contributed by atoms with Crippen molar-refractivity contribution in [3.63, 3.8) is 0 Å². The molecule has 0 amide bonds. The van der Waals surface area contributed by atoms with E-state index in [2.05, 4.69) is 234 Å². The summed E-state index contributed by atoms with van der Waals surface area (Å²) in [6.45, 7) is -0.331. The molecule has 0 N–H and O–H groups in total. The number of hydrogen-bond acceptors (Lipinski definition) is 4. The van der Waals surface area contributed by atoms with Gasteiger partial charge in [0.2, 0.25) is 0 Å². The number of para-hydroxylation sites is 4. The number of benzene rings is 10. The molecule has 12 rings (SSSR count). The van der Waals surface area contributed by atoms with E-state index in [0.717, 1.165) is 106 Å². The van der Waals surface area contributed by atoms with Gasteiger partial charge in [0, 0.05) is 33.6 Å². The van der Waals surface area contributed by atoms with Gasteiger partial charge in [0.25, 0.3) is 6.71 Å². The monoisotopic (exact) mass is 850 g/mol. The number of fused-ring (bicyclic) bond motifs is 4. The van der Waals surface area contributed by atoms with Gasteiger partial charge >= 0.3 is 0 Å². The maximum absolute atomic E-state index is 11.3.